The number of rotatable bonds is 7. The summed E-state index contributed by atoms with van der Waals surface area (Å²) >= 11 is 0. The molecule has 1 aliphatic rings. The monoisotopic (exact) mass is 285 g/mol. The van der Waals surface area contributed by atoms with Gasteiger partial charge in [-0.3, -0.25) is 9.59 Å². The molecule has 1 fully saturated rings. The molecule has 0 radical (unpaired) electrons. The van der Waals surface area contributed by atoms with Crippen molar-refractivity contribution >= 4 is 11.8 Å². The third kappa shape index (κ3) is 5.46. The molecule has 0 spiro atoms. The highest BCUT2D eigenvalue weighted by molar-refractivity contribution is 5.78. The molecule has 0 aromatic carbocycles. The molecule has 116 valence electrons. The number of likely N-dealkylation sites (tertiary alicyclic amines) is 1. The summed E-state index contributed by atoms with van der Waals surface area (Å²) in [5.41, 5.74) is 5.53. The van der Waals surface area contributed by atoms with E-state index in [1.165, 1.54) is 0 Å². The first-order chi connectivity index (χ1) is 9.60. The predicted molar refractivity (Wildman–Crippen MR) is 77.1 cm³/mol. The van der Waals surface area contributed by atoms with Crippen molar-refractivity contribution in [1.29, 1.82) is 0 Å². The normalized spacial score (nSPS) is 20.6. The molecule has 0 aliphatic carbocycles. The molecule has 0 saturated carbocycles. The Hall–Kier alpha value is -1.14. The first-order valence-electron chi connectivity index (χ1n) is 7.40. The van der Waals surface area contributed by atoms with Gasteiger partial charge in [-0.2, -0.15) is 0 Å². The van der Waals surface area contributed by atoms with Gasteiger partial charge in [0.2, 0.25) is 11.8 Å². The van der Waals surface area contributed by atoms with E-state index >= 15 is 0 Å². The second-order valence-electron chi connectivity index (χ2n) is 5.29. The summed E-state index contributed by atoms with van der Waals surface area (Å²) < 4.78 is 5.14. The van der Waals surface area contributed by atoms with Gasteiger partial charge in [0.05, 0.1) is 12.5 Å². The van der Waals surface area contributed by atoms with Gasteiger partial charge in [-0.05, 0) is 19.3 Å². The maximum atomic E-state index is 12.2. The zero-order valence-electron chi connectivity index (χ0n) is 12.6. The van der Waals surface area contributed by atoms with E-state index in [1.54, 1.807) is 7.11 Å². The quantitative estimate of drug-likeness (QED) is 0.702. The smallest absolute Gasteiger partial charge is 0.225 e. The number of hydrogen-bond donors (Lipinski definition) is 2. The Kier molecular flexibility index (Phi) is 7.54. The highest BCUT2D eigenvalue weighted by Gasteiger charge is 2.25. The number of amides is 2. The lowest BCUT2D eigenvalue weighted by Crippen LogP contribution is -2.50. The minimum Gasteiger partial charge on any atom is -0.380 e. The summed E-state index contributed by atoms with van der Waals surface area (Å²) in [6.07, 6.45) is 3.32. The van der Waals surface area contributed by atoms with Crippen molar-refractivity contribution in [3.63, 3.8) is 0 Å². The van der Waals surface area contributed by atoms with Gasteiger partial charge < -0.3 is 20.7 Å². The summed E-state index contributed by atoms with van der Waals surface area (Å²) in [6, 6.07) is 0.0746. The number of nitrogens with one attached hydrogen (secondary N) is 1. The van der Waals surface area contributed by atoms with Crippen LogP contribution >= 0.6 is 0 Å². The van der Waals surface area contributed by atoms with Crippen molar-refractivity contribution in [3.05, 3.63) is 0 Å². The lowest BCUT2D eigenvalue weighted by atomic mass is 10.0. The van der Waals surface area contributed by atoms with Crippen molar-refractivity contribution in [2.24, 2.45) is 5.73 Å². The van der Waals surface area contributed by atoms with Gasteiger partial charge in [-0.1, -0.05) is 6.92 Å². The lowest BCUT2D eigenvalue weighted by Gasteiger charge is -2.34. The fourth-order valence-corrected chi connectivity index (χ4v) is 2.44. The van der Waals surface area contributed by atoms with E-state index in [1.807, 2.05) is 11.8 Å². The van der Waals surface area contributed by atoms with Gasteiger partial charge in [-0.25, -0.2) is 0 Å². The number of carbonyl (C=O) groups is 2. The highest BCUT2D eigenvalue weighted by atomic mass is 16.5. The molecule has 0 aromatic rings. The average Bonchev–Trinajstić information content (AvgIpc) is 2.45. The number of hydrogen-bond acceptors (Lipinski definition) is 4. The molecule has 6 heteroatoms. The van der Waals surface area contributed by atoms with E-state index in [2.05, 4.69) is 5.32 Å². The Bertz CT molecular complexity index is 319. The van der Waals surface area contributed by atoms with Gasteiger partial charge in [0, 0.05) is 39.2 Å². The number of ether oxygens (including phenoxy) is 1. The van der Waals surface area contributed by atoms with Crippen LogP contribution in [0.5, 0.6) is 0 Å². The van der Waals surface area contributed by atoms with Crippen molar-refractivity contribution in [1.82, 2.24) is 10.2 Å². The second-order valence-corrected chi connectivity index (χ2v) is 5.29. The summed E-state index contributed by atoms with van der Waals surface area (Å²) in [7, 11) is 1.56. The summed E-state index contributed by atoms with van der Waals surface area (Å²) in [5, 5.41) is 3.00. The van der Waals surface area contributed by atoms with Crippen molar-refractivity contribution < 1.29 is 14.3 Å². The largest absolute Gasteiger partial charge is 0.380 e. The van der Waals surface area contributed by atoms with Crippen LogP contribution in [0.4, 0.5) is 0 Å². The van der Waals surface area contributed by atoms with Crippen molar-refractivity contribution in [3.8, 4) is 0 Å². The molecule has 3 N–H and O–H groups in total. The molecule has 0 aromatic heterocycles. The summed E-state index contributed by atoms with van der Waals surface area (Å²) in [5.74, 6) is 0.125. The third-order valence-electron chi connectivity index (χ3n) is 3.61. The third-order valence-corrected chi connectivity index (χ3v) is 3.61. The molecule has 1 heterocycles. The van der Waals surface area contributed by atoms with Gasteiger partial charge >= 0.3 is 0 Å². The number of piperidine rings is 1. The summed E-state index contributed by atoms with van der Waals surface area (Å²) in [4.78, 5) is 25.6. The number of nitrogens with two attached hydrogens (primary N) is 1. The Morgan fingerprint density at radius 1 is 1.50 bits per heavy atom. The molecule has 1 saturated heterocycles. The van der Waals surface area contributed by atoms with E-state index in [9.17, 15) is 9.59 Å². The van der Waals surface area contributed by atoms with E-state index in [4.69, 9.17) is 10.5 Å². The molecule has 1 rings (SSSR count). The topological polar surface area (TPSA) is 84.7 Å². The minimum absolute atomic E-state index is 0.0525. The van der Waals surface area contributed by atoms with Crippen LogP contribution in [0.25, 0.3) is 0 Å². The van der Waals surface area contributed by atoms with Gasteiger partial charge in [0.15, 0.2) is 0 Å². The van der Waals surface area contributed by atoms with E-state index in [0.29, 0.717) is 25.9 Å². The average molecular weight is 285 g/mol. The first-order valence-corrected chi connectivity index (χ1v) is 7.40. The number of nitrogens with zero attached hydrogens (tertiary/aromatic N) is 1. The maximum Gasteiger partial charge on any atom is 0.225 e. The number of methoxy groups -OCH3 is 1. The fraction of sp³-hybridized carbons (Fsp3) is 0.857. The zero-order valence-corrected chi connectivity index (χ0v) is 12.6. The lowest BCUT2D eigenvalue weighted by molar-refractivity contribution is -0.135. The Labute approximate surface area is 121 Å². The van der Waals surface area contributed by atoms with Crippen LogP contribution in [-0.4, -0.2) is 55.6 Å². The Morgan fingerprint density at radius 2 is 2.25 bits per heavy atom. The fourth-order valence-electron chi connectivity index (χ4n) is 2.44. The van der Waals surface area contributed by atoms with Crippen LogP contribution in [0, 0.1) is 0 Å². The zero-order chi connectivity index (χ0) is 15.0. The molecule has 20 heavy (non-hydrogen) atoms. The summed E-state index contributed by atoms with van der Waals surface area (Å²) in [6.45, 7) is 3.66. The molecular weight excluding hydrogens is 258 g/mol. The molecule has 2 unspecified atom stereocenters. The van der Waals surface area contributed by atoms with Crippen LogP contribution < -0.4 is 11.1 Å². The van der Waals surface area contributed by atoms with Crippen LogP contribution in [0.3, 0.4) is 0 Å². The van der Waals surface area contributed by atoms with Crippen molar-refractivity contribution in [2.45, 2.75) is 51.2 Å². The van der Waals surface area contributed by atoms with Crippen molar-refractivity contribution in [2.75, 3.05) is 26.7 Å². The molecule has 1 aliphatic heterocycles. The van der Waals surface area contributed by atoms with Crippen LogP contribution in [0.15, 0.2) is 0 Å². The predicted octanol–water partition coefficient (Wildman–Crippen LogP) is 0.258. The Balaban J connectivity index is 2.43. The van der Waals surface area contributed by atoms with Gasteiger partial charge in [0.25, 0.3) is 0 Å². The van der Waals surface area contributed by atoms with Gasteiger partial charge in [0.1, 0.15) is 0 Å². The van der Waals surface area contributed by atoms with Crippen LogP contribution in [0.1, 0.15) is 39.0 Å². The van der Waals surface area contributed by atoms with E-state index in [-0.39, 0.29) is 24.0 Å². The molecule has 2 amide bonds. The van der Waals surface area contributed by atoms with Crippen LogP contribution in [-0.2, 0) is 14.3 Å². The van der Waals surface area contributed by atoms with E-state index < -0.39 is 0 Å². The number of carbonyl (C=O) groups excluding carboxylic acids is 2. The Morgan fingerprint density at radius 3 is 2.85 bits per heavy atom. The molecule has 0 bridgehead atoms. The minimum atomic E-state index is -0.224. The first kappa shape index (κ1) is 16.9. The standard InChI is InChI=1S/C14H27N3O3/c1-3-5-13(18)16-11-6-4-7-17(10-11)14(19)8-12(9-15)20-2/h11-12H,3-10,15H2,1-2H3,(H,16,18). The van der Waals surface area contributed by atoms with Gasteiger partial charge in [-0.15, -0.1) is 0 Å². The SMILES string of the molecule is CCCC(=O)NC1CCCN(C(=O)CC(CN)OC)C1. The molecular formula is C14H27N3O3. The second kappa shape index (κ2) is 8.92. The van der Waals surface area contributed by atoms with E-state index in [0.717, 1.165) is 25.8 Å². The maximum absolute atomic E-state index is 12.2. The highest BCUT2D eigenvalue weighted by Crippen LogP contribution is 2.13. The molecule has 2 atom stereocenters. The van der Waals surface area contributed by atoms with Crippen LogP contribution in [0.2, 0.25) is 0 Å². The molecule has 6 nitrogen and oxygen atoms in total.